The first-order chi connectivity index (χ1) is 15.5. The van der Waals surface area contributed by atoms with Crippen molar-refractivity contribution in [2.75, 3.05) is 31.9 Å². The van der Waals surface area contributed by atoms with Crippen molar-refractivity contribution in [3.8, 4) is 28.5 Å². The average Bonchev–Trinajstić information content (AvgIpc) is 3.16. The number of hydrogen-bond donors (Lipinski definition) is 2. The number of carbonyl (C=O) groups is 1. The van der Waals surface area contributed by atoms with Gasteiger partial charge in [-0.25, -0.2) is 4.98 Å². The van der Waals surface area contributed by atoms with Crippen LogP contribution >= 0.6 is 11.3 Å². The van der Waals surface area contributed by atoms with Gasteiger partial charge < -0.3 is 25.3 Å². The summed E-state index contributed by atoms with van der Waals surface area (Å²) in [4.78, 5) is 18.8. The van der Waals surface area contributed by atoms with Crippen LogP contribution in [0.15, 0.2) is 54.6 Å². The SMILES string of the molecule is CCOc1ccccc1NC(=O)c1sc2nc(-c3ccc(OC)c(OC)c3)ccc2c1N. The highest BCUT2D eigenvalue weighted by atomic mass is 32.1. The third kappa shape index (κ3) is 4.04. The van der Waals surface area contributed by atoms with Crippen LogP contribution in [0.25, 0.3) is 21.5 Å². The van der Waals surface area contributed by atoms with Crippen LogP contribution in [0.2, 0.25) is 0 Å². The van der Waals surface area contributed by atoms with Crippen molar-refractivity contribution in [1.82, 2.24) is 4.98 Å². The number of thiophene rings is 1. The Labute approximate surface area is 189 Å². The topological polar surface area (TPSA) is 95.7 Å². The van der Waals surface area contributed by atoms with Crippen molar-refractivity contribution >= 4 is 38.8 Å². The lowest BCUT2D eigenvalue weighted by atomic mass is 10.1. The number of fused-ring (bicyclic) bond motifs is 1. The van der Waals surface area contributed by atoms with Crippen molar-refractivity contribution in [2.24, 2.45) is 0 Å². The van der Waals surface area contributed by atoms with Gasteiger partial charge >= 0.3 is 0 Å². The summed E-state index contributed by atoms with van der Waals surface area (Å²) in [7, 11) is 3.18. The molecule has 2 aromatic carbocycles. The fraction of sp³-hybridized carbons (Fsp3) is 0.167. The molecule has 4 rings (SSSR count). The second-order valence-corrected chi connectivity index (χ2v) is 7.85. The molecule has 4 aromatic rings. The Morgan fingerprint density at radius 2 is 1.81 bits per heavy atom. The van der Waals surface area contributed by atoms with Crippen LogP contribution in [0.5, 0.6) is 17.2 Å². The van der Waals surface area contributed by atoms with Gasteiger partial charge in [-0.05, 0) is 49.4 Å². The first kappa shape index (κ1) is 21.5. The number of nitrogens with zero attached hydrogens (tertiary/aromatic N) is 1. The van der Waals surface area contributed by atoms with Gasteiger partial charge in [-0.2, -0.15) is 0 Å². The number of rotatable bonds is 7. The minimum Gasteiger partial charge on any atom is -0.493 e. The molecular weight excluding hydrogens is 426 g/mol. The van der Waals surface area contributed by atoms with Gasteiger partial charge in [0.15, 0.2) is 11.5 Å². The van der Waals surface area contributed by atoms with Crippen molar-refractivity contribution in [2.45, 2.75) is 6.92 Å². The number of ether oxygens (including phenoxy) is 3. The highest BCUT2D eigenvalue weighted by molar-refractivity contribution is 7.21. The number of nitrogens with two attached hydrogens (primary N) is 1. The predicted molar refractivity (Wildman–Crippen MR) is 128 cm³/mol. The standard InChI is InChI=1S/C24H23N3O4S/c1-4-31-18-8-6-5-7-17(18)26-23(28)22-21(25)15-10-11-16(27-24(15)32-22)14-9-12-19(29-2)20(13-14)30-3/h5-13H,4,25H2,1-3H3,(H,26,28). The molecule has 0 unspecified atom stereocenters. The summed E-state index contributed by atoms with van der Waals surface area (Å²) >= 11 is 1.25. The monoisotopic (exact) mass is 449 g/mol. The van der Waals surface area contributed by atoms with E-state index >= 15 is 0 Å². The van der Waals surface area contributed by atoms with Gasteiger partial charge in [0.25, 0.3) is 5.91 Å². The van der Waals surface area contributed by atoms with Crippen molar-refractivity contribution in [1.29, 1.82) is 0 Å². The number of hydrogen-bond acceptors (Lipinski definition) is 7. The van der Waals surface area contributed by atoms with Gasteiger partial charge in [0.1, 0.15) is 15.5 Å². The van der Waals surface area contributed by atoms with E-state index in [9.17, 15) is 4.79 Å². The van der Waals surface area contributed by atoms with Gasteiger partial charge in [0.2, 0.25) is 0 Å². The zero-order valence-electron chi connectivity index (χ0n) is 18.0. The number of benzene rings is 2. The van der Waals surface area contributed by atoms with E-state index in [1.807, 2.05) is 55.5 Å². The summed E-state index contributed by atoms with van der Waals surface area (Å²) in [6, 6.07) is 16.6. The molecule has 0 atom stereocenters. The molecule has 7 nitrogen and oxygen atoms in total. The molecule has 2 aromatic heterocycles. The van der Waals surface area contributed by atoms with Crippen LogP contribution in [0.4, 0.5) is 11.4 Å². The molecular formula is C24H23N3O4S. The number of para-hydroxylation sites is 2. The highest BCUT2D eigenvalue weighted by Gasteiger charge is 2.19. The molecule has 3 N–H and O–H groups in total. The van der Waals surface area contributed by atoms with E-state index in [4.69, 9.17) is 24.9 Å². The first-order valence-corrected chi connectivity index (χ1v) is 10.8. The number of nitrogens with one attached hydrogen (secondary N) is 1. The number of methoxy groups -OCH3 is 2. The molecule has 1 amide bonds. The number of aromatic nitrogens is 1. The zero-order chi connectivity index (χ0) is 22.7. The van der Waals surface area contributed by atoms with E-state index in [1.54, 1.807) is 20.3 Å². The summed E-state index contributed by atoms with van der Waals surface area (Å²) in [5.41, 5.74) is 8.91. The Balaban J connectivity index is 1.67. The fourth-order valence-electron chi connectivity index (χ4n) is 3.35. The zero-order valence-corrected chi connectivity index (χ0v) is 18.8. The lowest BCUT2D eigenvalue weighted by Crippen LogP contribution is -2.13. The van der Waals surface area contributed by atoms with E-state index in [1.165, 1.54) is 11.3 Å². The summed E-state index contributed by atoms with van der Waals surface area (Å²) < 4.78 is 16.3. The Morgan fingerprint density at radius 3 is 2.56 bits per heavy atom. The van der Waals surface area contributed by atoms with Crippen LogP contribution in [0, 0.1) is 0 Å². The average molecular weight is 450 g/mol. The Hall–Kier alpha value is -3.78. The van der Waals surface area contributed by atoms with E-state index in [0.29, 0.717) is 44.9 Å². The van der Waals surface area contributed by atoms with E-state index in [2.05, 4.69) is 5.32 Å². The van der Waals surface area contributed by atoms with Crippen LogP contribution in [0.1, 0.15) is 16.6 Å². The lowest BCUT2D eigenvalue weighted by molar-refractivity contribution is 0.103. The van der Waals surface area contributed by atoms with Crippen molar-refractivity contribution in [3.05, 3.63) is 59.5 Å². The molecule has 32 heavy (non-hydrogen) atoms. The van der Waals surface area contributed by atoms with Crippen LogP contribution < -0.4 is 25.3 Å². The summed E-state index contributed by atoms with van der Waals surface area (Å²) in [5.74, 6) is 1.57. The predicted octanol–water partition coefficient (Wildman–Crippen LogP) is 5.21. The summed E-state index contributed by atoms with van der Waals surface area (Å²) in [5, 5.41) is 3.63. The largest absolute Gasteiger partial charge is 0.493 e. The van der Waals surface area contributed by atoms with Crippen molar-refractivity contribution in [3.63, 3.8) is 0 Å². The number of nitrogen functional groups attached to an aromatic ring is 1. The third-order valence-electron chi connectivity index (χ3n) is 4.91. The second-order valence-electron chi connectivity index (χ2n) is 6.85. The Bertz CT molecular complexity index is 1290. The maximum Gasteiger partial charge on any atom is 0.268 e. The normalized spacial score (nSPS) is 10.7. The molecule has 164 valence electrons. The third-order valence-corrected chi connectivity index (χ3v) is 6.03. The Kier molecular flexibility index (Phi) is 6.13. The molecule has 0 saturated heterocycles. The molecule has 0 spiro atoms. The lowest BCUT2D eigenvalue weighted by Gasteiger charge is -2.10. The van der Waals surface area contributed by atoms with Gasteiger partial charge in [0, 0.05) is 10.9 Å². The van der Waals surface area contributed by atoms with Crippen LogP contribution in [0.3, 0.4) is 0 Å². The number of anilines is 2. The van der Waals surface area contributed by atoms with E-state index in [0.717, 1.165) is 16.6 Å². The quantitative estimate of drug-likeness (QED) is 0.402. The molecule has 0 aliphatic carbocycles. The van der Waals surface area contributed by atoms with E-state index < -0.39 is 0 Å². The van der Waals surface area contributed by atoms with Crippen molar-refractivity contribution < 1.29 is 19.0 Å². The number of pyridine rings is 1. The smallest absolute Gasteiger partial charge is 0.268 e. The molecule has 0 saturated carbocycles. The maximum absolute atomic E-state index is 13.0. The van der Waals surface area contributed by atoms with Gasteiger partial charge in [-0.3, -0.25) is 4.79 Å². The van der Waals surface area contributed by atoms with Crippen LogP contribution in [-0.2, 0) is 0 Å². The van der Waals surface area contributed by atoms with Gasteiger partial charge in [-0.15, -0.1) is 11.3 Å². The summed E-state index contributed by atoms with van der Waals surface area (Å²) in [6.07, 6.45) is 0. The minimum atomic E-state index is -0.301. The number of amides is 1. The van der Waals surface area contributed by atoms with Crippen LogP contribution in [-0.4, -0.2) is 31.7 Å². The Morgan fingerprint density at radius 1 is 1.03 bits per heavy atom. The molecule has 0 aliphatic heterocycles. The molecule has 0 fully saturated rings. The van der Waals surface area contributed by atoms with Gasteiger partial charge in [0.05, 0.1) is 37.9 Å². The van der Waals surface area contributed by atoms with E-state index in [-0.39, 0.29) is 5.91 Å². The molecule has 8 heteroatoms. The second kappa shape index (κ2) is 9.15. The molecule has 0 bridgehead atoms. The maximum atomic E-state index is 13.0. The summed E-state index contributed by atoms with van der Waals surface area (Å²) in [6.45, 7) is 2.39. The fourth-order valence-corrected chi connectivity index (χ4v) is 4.34. The highest BCUT2D eigenvalue weighted by Crippen LogP contribution is 2.37. The van der Waals surface area contributed by atoms with Gasteiger partial charge in [-0.1, -0.05) is 12.1 Å². The molecule has 0 radical (unpaired) electrons. The molecule has 0 aliphatic rings. The number of carbonyl (C=O) groups excluding carboxylic acids is 1. The minimum absolute atomic E-state index is 0.301. The first-order valence-electron chi connectivity index (χ1n) is 10.00. The molecule has 2 heterocycles.